The molecule has 0 saturated carbocycles. The highest BCUT2D eigenvalue weighted by Crippen LogP contribution is 2.01. The van der Waals surface area contributed by atoms with Crippen LogP contribution in [-0.4, -0.2) is 29.1 Å². The van der Waals surface area contributed by atoms with Crippen molar-refractivity contribution in [3.63, 3.8) is 0 Å². The van der Waals surface area contributed by atoms with Crippen LogP contribution in [0.4, 0.5) is 0 Å². The Labute approximate surface area is 69.2 Å². The van der Waals surface area contributed by atoms with Gasteiger partial charge in [-0.1, -0.05) is 20.8 Å². The van der Waals surface area contributed by atoms with E-state index < -0.39 is 0 Å². The molecule has 1 atom stereocenters. The summed E-state index contributed by atoms with van der Waals surface area (Å²) in [4.78, 5) is 2.23. The van der Waals surface area contributed by atoms with E-state index in [0.717, 1.165) is 19.5 Å². The van der Waals surface area contributed by atoms with Crippen molar-refractivity contribution in [1.82, 2.24) is 4.90 Å². The van der Waals surface area contributed by atoms with Crippen molar-refractivity contribution in [2.75, 3.05) is 13.1 Å². The summed E-state index contributed by atoms with van der Waals surface area (Å²) in [6, 6.07) is 0.218. The predicted octanol–water partition coefficient (Wildman–Crippen LogP) is 1.44. The standard InChI is InChI=1S/C9H17NO/c1-4-9(7-8-11)10(5-2)6-3/h9,11H,4-6H2,1-3H3. The Bertz CT molecular complexity index is 141. The van der Waals surface area contributed by atoms with Crippen molar-refractivity contribution in [2.24, 2.45) is 0 Å². The molecule has 0 aromatic heterocycles. The minimum Gasteiger partial charge on any atom is -0.462 e. The molecule has 0 rings (SSSR count). The number of aliphatic hydroxyl groups is 1. The Balaban J connectivity index is 4.05. The maximum absolute atomic E-state index is 8.42. The van der Waals surface area contributed by atoms with Crippen LogP contribution < -0.4 is 0 Å². The maximum Gasteiger partial charge on any atom is 0.109 e. The summed E-state index contributed by atoms with van der Waals surface area (Å²) in [5, 5.41) is 8.42. The molecule has 0 spiro atoms. The molecule has 0 saturated heterocycles. The van der Waals surface area contributed by atoms with Crippen LogP contribution in [0.5, 0.6) is 0 Å². The van der Waals surface area contributed by atoms with Gasteiger partial charge in [0.1, 0.15) is 6.11 Å². The number of hydrogen-bond acceptors (Lipinski definition) is 2. The molecule has 1 N–H and O–H groups in total. The number of nitrogens with zero attached hydrogens (tertiary/aromatic N) is 1. The average molecular weight is 155 g/mol. The number of hydrogen-bond donors (Lipinski definition) is 1. The van der Waals surface area contributed by atoms with E-state index in [2.05, 4.69) is 31.6 Å². The van der Waals surface area contributed by atoms with E-state index in [1.165, 1.54) is 0 Å². The average Bonchev–Trinajstić information content (AvgIpc) is 2.05. The lowest BCUT2D eigenvalue weighted by atomic mass is 10.2. The molecule has 0 amide bonds. The zero-order valence-electron chi connectivity index (χ0n) is 7.59. The molecular weight excluding hydrogens is 138 g/mol. The van der Waals surface area contributed by atoms with Gasteiger partial charge in [0.05, 0.1) is 6.04 Å². The van der Waals surface area contributed by atoms with Crippen molar-refractivity contribution < 1.29 is 5.11 Å². The first-order chi connectivity index (χ1) is 5.29. The summed E-state index contributed by atoms with van der Waals surface area (Å²) in [6.45, 7) is 8.26. The van der Waals surface area contributed by atoms with Gasteiger partial charge in [-0.25, -0.2) is 0 Å². The molecule has 64 valence electrons. The first-order valence-electron chi connectivity index (χ1n) is 4.18. The van der Waals surface area contributed by atoms with Gasteiger partial charge in [-0.15, -0.1) is 0 Å². The molecule has 0 fully saturated rings. The van der Waals surface area contributed by atoms with Gasteiger partial charge in [0.2, 0.25) is 0 Å². The Morgan fingerprint density at radius 1 is 1.27 bits per heavy atom. The highest BCUT2D eigenvalue weighted by molar-refractivity contribution is 5.02. The smallest absolute Gasteiger partial charge is 0.109 e. The van der Waals surface area contributed by atoms with Crippen LogP contribution in [-0.2, 0) is 0 Å². The summed E-state index contributed by atoms with van der Waals surface area (Å²) in [5.41, 5.74) is 0. The van der Waals surface area contributed by atoms with Crippen LogP contribution in [0, 0.1) is 12.0 Å². The minimum absolute atomic E-state index is 0.218. The monoisotopic (exact) mass is 155 g/mol. The van der Waals surface area contributed by atoms with Gasteiger partial charge in [-0.05, 0) is 25.4 Å². The molecule has 11 heavy (non-hydrogen) atoms. The second kappa shape index (κ2) is 6.06. The lowest BCUT2D eigenvalue weighted by molar-refractivity contribution is 0.255. The lowest BCUT2D eigenvalue weighted by Gasteiger charge is -2.23. The van der Waals surface area contributed by atoms with E-state index in [0.29, 0.717) is 0 Å². The second-order valence-corrected chi connectivity index (χ2v) is 2.40. The normalized spacial score (nSPS) is 12.4. The molecule has 0 aliphatic carbocycles. The van der Waals surface area contributed by atoms with E-state index in [1.807, 2.05) is 6.11 Å². The van der Waals surface area contributed by atoms with E-state index >= 15 is 0 Å². The molecule has 0 radical (unpaired) electrons. The summed E-state index contributed by atoms with van der Waals surface area (Å²) in [7, 11) is 0. The zero-order valence-corrected chi connectivity index (χ0v) is 7.59. The highest BCUT2D eigenvalue weighted by atomic mass is 16.2. The van der Waals surface area contributed by atoms with Crippen LogP contribution in [0.1, 0.15) is 27.2 Å². The quantitative estimate of drug-likeness (QED) is 0.621. The lowest BCUT2D eigenvalue weighted by Crippen LogP contribution is -2.33. The van der Waals surface area contributed by atoms with Crippen LogP contribution in [0.2, 0.25) is 0 Å². The van der Waals surface area contributed by atoms with Gasteiger partial charge < -0.3 is 5.11 Å². The third-order valence-electron chi connectivity index (χ3n) is 1.87. The van der Waals surface area contributed by atoms with Crippen molar-refractivity contribution >= 4 is 0 Å². The number of aliphatic hydroxyl groups excluding tert-OH is 1. The minimum atomic E-state index is 0.218. The molecule has 1 unspecified atom stereocenters. The van der Waals surface area contributed by atoms with Gasteiger partial charge in [0, 0.05) is 0 Å². The molecule has 2 nitrogen and oxygen atoms in total. The van der Waals surface area contributed by atoms with Crippen LogP contribution in [0.25, 0.3) is 0 Å². The molecule has 0 aliphatic rings. The molecule has 2 heteroatoms. The van der Waals surface area contributed by atoms with Crippen molar-refractivity contribution in [1.29, 1.82) is 0 Å². The molecule has 0 aromatic carbocycles. The third-order valence-corrected chi connectivity index (χ3v) is 1.87. The van der Waals surface area contributed by atoms with Gasteiger partial charge >= 0.3 is 0 Å². The topological polar surface area (TPSA) is 23.5 Å². The van der Waals surface area contributed by atoms with Crippen LogP contribution in [0.15, 0.2) is 0 Å². The van der Waals surface area contributed by atoms with Crippen LogP contribution >= 0.6 is 0 Å². The fraction of sp³-hybridized carbons (Fsp3) is 0.778. The maximum atomic E-state index is 8.42. The summed E-state index contributed by atoms with van der Waals surface area (Å²) < 4.78 is 0. The Kier molecular flexibility index (Phi) is 5.68. The van der Waals surface area contributed by atoms with Gasteiger partial charge in [-0.3, -0.25) is 4.90 Å². The van der Waals surface area contributed by atoms with Gasteiger partial charge in [-0.2, -0.15) is 0 Å². The first-order valence-corrected chi connectivity index (χ1v) is 4.18. The van der Waals surface area contributed by atoms with E-state index in [4.69, 9.17) is 5.11 Å². The van der Waals surface area contributed by atoms with E-state index in [9.17, 15) is 0 Å². The van der Waals surface area contributed by atoms with Crippen LogP contribution in [0.3, 0.4) is 0 Å². The summed E-state index contributed by atoms with van der Waals surface area (Å²) >= 11 is 0. The van der Waals surface area contributed by atoms with Gasteiger partial charge in [0.15, 0.2) is 0 Å². The molecule has 0 heterocycles. The van der Waals surface area contributed by atoms with Gasteiger partial charge in [0.25, 0.3) is 0 Å². The molecule has 0 aliphatic heterocycles. The van der Waals surface area contributed by atoms with Crippen molar-refractivity contribution in [3.8, 4) is 12.0 Å². The summed E-state index contributed by atoms with van der Waals surface area (Å²) in [5.74, 6) is 2.77. The Morgan fingerprint density at radius 3 is 2.09 bits per heavy atom. The first kappa shape index (κ1) is 10.3. The summed E-state index contributed by atoms with van der Waals surface area (Å²) in [6.07, 6.45) is 2.94. The van der Waals surface area contributed by atoms with E-state index in [1.54, 1.807) is 0 Å². The fourth-order valence-corrected chi connectivity index (χ4v) is 1.19. The highest BCUT2D eigenvalue weighted by Gasteiger charge is 2.09. The zero-order chi connectivity index (χ0) is 8.69. The fourth-order valence-electron chi connectivity index (χ4n) is 1.19. The van der Waals surface area contributed by atoms with Crippen molar-refractivity contribution in [3.05, 3.63) is 0 Å². The largest absolute Gasteiger partial charge is 0.462 e. The SMILES string of the molecule is CCC(C#CO)N(CC)CC. The van der Waals surface area contributed by atoms with E-state index in [-0.39, 0.29) is 6.04 Å². The predicted molar refractivity (Wildman–Crippen MR) is 46.7 cm³/mol. The van der Waals surface area contributed by atoms with Crippen molar-refractivity contribution in [2.45, 2.75) is 33.2 Å². The second-order valence-electron chi connectivity index (χ2n) is 2.40. The molecule has 0 aromatic rings. The Morgan fingerprint density at radius 2 is 1.82 bits per heavy atom. The molecule has 0 bridgehead atoms. The molecular formula is C9H17NO. The number of rotatable bonds is 4. The third kappa shape index (κ3) is 3.29. The Hall–Kier alpha value is -0.680.